The number of unbranched alkanes of at least 4 members (excludes halogenated alkanes) is 2. The van der Waals surface area contributed by atoms with Crippen LogP contribution in [0.2, 0.25) is 0 Å². The van der Waals surface area contributed by atoms with E-state index in [0.29, 0.717) is 6.61 Å². The Labute approximate surface area is 109 Å². The van der Waals surface area contributed by atoms with Gasteiger partial charge in [-0.15, -0.1) is 0 Å². The molecule has 0 heterocycles. The van der Waals surface area contributed by atoms with Gasteiger partial charge in [-0.05, 0) is 24.6 Å². The summed E-state index contributed by atoms with van der Waals surface area (Å²) in [5.74, 6) is 6.98. The second-order valence-corrected chi connectivity index (χ2v) is 3.88. The summed E-state index contributed by atoms with van der Waals surface area (Å²) < 4.78 is 10.8. The second-order valence-electron chi connectivity index (χ2n) is 3.88. The van der Waals surface area contributed by atoms with Crippen LogP contribution < -0.4 is 9.47 Å². The highest BCUT2D eigenvalue weighted by molar-refractivity contribution is 5.50. The summed E-state index contributed by atoms with van der Waals surface area (Å²) in [6.07, 6.45) is 3.37. The Bertz CT molecular complexity index is 415. The molecule has 0 aliphatic heterocycles. The van der Waals surface area contributed by atoms with Crippen LogP contribution >= 0.6 is 0 Å². The molecule has 1 rings (SSSR count). The summed E-state index contributed by atoms with van der Waals surface area (Å²) in [6.45, 7) is 2.69. The number of rotatable bonds is 6. The number of methoxy groups -OCH3 is 1. The molecule has 0 atom stereocenters. The molecule has 1 N–H and O–H groups in total. The first-order valence-corrected chi connectivity index (χ1v) is 6.22. The van der Waals surface area contributed by atoms with Gasteiger partial charge >= 0.3 is 0 Å². The number of benzene rings is 1. The first-order chi connectivity index (χ1) is 8.81. The third-order valence-electron chi connectivity index (χ3n) is 2.49. The maximum Gasteiger partial charge on any atom is 0.135 e. The fourth-order valence-corrected chi connectivity index (χ4v) is 1.53. The molecule has 1 aromatic rings. The first kappa shape index (κ1) is 14.4. The van der Waals surface area contributed by atoms with E-state index in [1.54, 1.807) is 7.11 Å². The second kappa shape index (κ2) is 8.43. The molecule has 0 aliphatic rings. The summed E-state index contributed by atoms with van der Waals surface area (Å²) in [6, 6.07) is 5.52. The van der Waals surface area contributed by atoms with Crippen molar-refractivity contribution in [2.45, 2.75) is 26.2 Å². The minimum Gasteiger partial charge on any atom is -0.497 e. The Morgan fingerprint density at radius 1 is 1.28 bits per heavy atom. The van der Waals surface area contributed by atoms with Crippen molar-refractivity contribution in [2.24, 2.45) is 0 Å². The van der Waals surface area contributed by atoms with E-state index in [-0.39, 0.29) is 6.61 Å². The van der Waals surface area contributed by atoms with Gasteiger partial charge in [0.2, 0.25) is 0 Å². The van der Waals surface area contributed by atoms with E-state index in [4.69, 9.17) is 14.6 Å². The van der Waals surface area contributed by atoms with Crippen LogP contribution in [0.4, 0.5) is 0 Å². The lowest BCUT2D eigenvalue weighted by atomic mass is 10.2. The molecule has 0 fully saturated rings. The van der Waals surface area contributed by atoms with Crippen LogP contribution in [0, 0.1) is 11.8 Å². The summed E-state index contributed by atoms with van der Waals surface area (Å²) >= 11 is 0. The van der Waals surface area contributed by atoms with Crippen molar-refractivity contribution in [3.63, 3.8) is 0 Å². The molecule has 0 radical (unpaired) electrons. The van der Waals surface area contributed by atoms with Crippen molar-refractivity contribution < 1.29 is 14.6 Å². The SMILES string of the molecule is CCCCCOc1ccc(OC)cc1C#CCO. The molecule has 0 saturated carbocycles. The fourth-order valence-electron chi connectivity index (χ4n) is 1.53. The van der Waals surface area contributed by atoms with Crippen LogP contribution in [-0.2, 0) is 0 Å². The summed E-state index contributed by atoms with van der Waals surface area (Å²) in [4.78, 5) is 0. The highest BCUT2D eigenvalue weighted by Crippen LogP contribution is 2.23. The number of hydrogen-bond donors (Lipinski definition) is 1. The number of ether oxygens (including phenoxy) is 2. The van der Waals surface area contributed by atoms with E-state index >= 15 is 0 Å². The number of hydrogen-bond acceptors (Lipinski definition) is 3. The van der Waals surface area contributed by atoms with Gasteiger partial charge in [0.25, 0.3) is 0 Å². The molecule has 0 bridgehead atoms. The summed E-state index contributed by atoms with van der Waals surface area (Å²) in [7, 11) is 1.61. The summed E-state index contributed by atoms with van der Waals surface area (Å²) in [5.41, 5.74) is 0.750. The van der Waals surface area contributed by atoms with E-state index in [1.807, 2.05) is 18.2 Å². The first-order valence-electron chi connectivity index (χ1n) is 6.22. The van der Waals surface area contributed by atoms with Crippen molar-refractivity contribution in [3.8, 4) is 23.3 Å². The molecular weight excluding hydrogens is 228 g/mol. The zero-order valence-corrected chi connectivity index (χ0v) is 11.0. The highest BCUT2D eigenvalue weighted by Gasteiger charge is 2.03. The standard InChI is InChI=1S/C15H20O3/c1-3-4-5-11-18-15-9-8-14(17-2)12-13(15)7-6-10-16/h8-9,12,16H,3-5,10-11H2,1-2H3. The molecular formula is C15H20O3. The highest BCUT2D eigenvalue weighted by atomic mass is 16.5. The molecule has 18 heavy (non-hydrogen) atoms. The van der Waals surface area contributed by atoms with Crippen LogP contribution in [0.5, 0.6) is 11.5 Å². The minimum atomic E-state index is -0.160. The lowest BCUT2D eigenvalue weighted by Crippen LogP contribution is -1.99. The largest absolute Gasteiger partial charge is 0.497 e. The van der Waals surface area contributed by atoms with Gasteiger partial charge in [0.1, 0.15) is 18.1 Å². The quantitative estimate of drug-likeness (QED) is 0.621. The minimum absolute atomic E-state index is 0.160. The van der Waals surface area contributed by atoms with Crippen LogP contribution in [0.25, 0.3) is 0 Å². The van der Waals surface area contributed by atoms with Gasteiger partial charge in [0, 0.05) is 0 Å². The van der Waals surface area contributed by atoms with E-state index in [0.717, 1.165) is 29.9 Å². The molecule has 0 amide bonds. The Hall–Kier alpha value is -1.66. The molecule has 98 valence electrons. The van der Waals surface area contributed by atoms with E-state index in [1.165, 1.54) is 6.42 Å². The number of aliphatic hydroxyl groups is 1. The van der Waals surface area contributed by atoms with Crippen molar-refractivity contribution in [3.05, 3.63) is 23.8 Å². The molecule has 0 unspecified atom stereocenters. The lowest BCUT2D eigenvalue weighted by Gasteiger charge is -2.09. The van der Waals surface area contributed by atoms with Crippen molar-refractivity contribution in [1.29, 1.82) is 0 Å². The zero-order chi connectivity index (χ0) is 13.2. The van der Waals surface area contributed by atoms with Gasteiger partial charge in [-0.25, -0.2) is 0 Å². The van der Waals surface area contributed by atoms with Crippen LogP contribution in [-0.4, -0.2) is 25.4 Å². The van der Waals surface area contributed by atoms with Crippen LogP contribution in [0.3, 0.4) is 0 Å². The average molecular weight is 248 g/mol. The van der Waals surface area contributed by atoms with Crippen molar-refractivity contribution in [1.82, 2.24) is 0 Å². The Morgan fingerprint density at radius 3 is 2.78 bits per heavy atom. The van der Waals surface area contributed by atoms with Crippen LogP contribution in [0.15, 0.2) is 18.2 Å². The summed E-state index contributed by atoms with van der Waals surface area (Å²) in [5, 5.41) is 8.75. The van der Waals surface area contributed by atoms with Gasteiger partial charge in [-0.3, -0.25) is 0 Å². The van der Waals surface area contributed by atoms with E-state index < -0.39 is 0 Å². The average Bonchev–Trinajstić information content (AvgIpc) is 2.42. The maximum absolute atomic E-state index is 8.75. The van der Waals surface area contributed by atoms with E-state index in [2.05, 4.69) is 18.8 Å². The van der Waals surface area contributed by atoms with Gasteiger partial charge in [0.05, 0.1) is 19.3 Å². The molecule has 0 aromatic heterocycles. The van der Waals surface area contributed by atoms with Crippen molar-refractivity contribution in [2.75, 3.05) is 20.3 Å². The monoisotopic (exact) mass is 248 g/mol. The Kier molecular flexibility index (Phi) is 6.75. The maximum atomic E-state index is 8.75. The predicted octanol–water partition coefficient (Wildman–Crippen LogP) is 2.61. The lowest BCUT2D eigenvalue weighted by molar-refractivity contribution is 0.304. The van der Waals surface area contributed by atoms with Gasteiger partial charge in [-0.2, -0.15) is 0 Å². The third-order valence-corrected chi connectivity index (χ3v) is 2.49. The van der Waals surface area contributed by atoms with Gasteiger partial charge in [-0.1, -0.05) is 31.6 Å². The molecule has 1 aromatic carbocycles. The fraction of sp³-hybridized carbons (Fsp3) is 0.467. The Balaban J connectivity index is 2.75. The smallest absolute Gasteiger partial charge is 0.135 e. The number of aliphatic hydroxyl groups excluding tert-OH is 1. The molecule has 0 spiro atoms. The topological polar surface area (TPSA) is 38.7 Å². The van der Waals surface area contributed by atoms with Gasteiger partial charge in [0.15, 0.2) is 0 Å². The molecule has 0 saturated heterocycles. The predicted molar refractivity (Wildman–Crippen MR) is 72.0 cm³/mol. The molecule has 3 heteroatoms. The zero-order valence-electron chi connectivity index (χ0n) is 11.0. The Morgan fingerprint density at radius 2 is 2.11 bits per heavy atom. The normalized spacial score (nSPS) is 9.50. The van der Waals surface area contributed by atoms with Gasteiger partial charge < -0.3 is 14.6 Å². The molecule has 3 nitrogen and oxygen atoms in total. The van der Waals surface area contributed by atoms with Crippen molar-refractivity contribution >= 4 is 0 Å². The van der Waals surface area contributed by atoms with E-state index in [9.17, 15) is 0 Å². The third kappa shape index (κ3) is 4.68. The molecule has 0 aliphatic carbocycles. The van der Waals surface area contributed by atoms with Crippen LogP contribution in [0.1, 0.15) is 31.7 Å².